The highest BCUT2D eigenvalue weighted by atomic mass is 35.5. The summed E-state index contributed by atoms with van der Waals surface area (Å²) < 4.78 is 0.888. The van der Waals surface area contributed by atoms with Crippen LogP contribution in [0, 0.1) is 0 Å². The number of hydrogen-bond acceptors (Lipinski definition) is 3. The summed E-state index contributed by atoms with van der Waals surface area (Å²) in [6, 6.07) is 4.67. The van der Waals surface area contributed by atoms with Gasteiger partial charge in [0.05, 0.1) is 4.34 Å². The largest absolute Gasteiger partial charge is 0.313 e. The van der Waals surface area contributed by atoms with Gasteiger partial charge in [-0.1, -0.05) is 18.5 Å². The van der Waals surface area contributed by atoms with Crippen LogP contribution < -0.4 is 5.32 Å². The van der Waals surface area contributed by atoms with Crippen LogP contribution in [0.2, 0.25) is 4.34 Å². The molecule has 80 valence electrons. The predicted octanol–water partition coefficient (Wildman–Crippen LogP) is 3.29. The van der Waals surface area contributed by atoms with E-state index in [1.165, 1.54) is 4.88 Å². The van der Waals surface area contributed by atoms with E-state index in [4.69, 9.17) is 11.6 Å². The zero-order valence-electron chi connectivity index (χ0n) is 8.55. The first-order chi connectivity index (χ1) is 6.76. The lowest BCUT2D eigenvalue weighted by Crippen LogP contribution is -2.32. The van der Waals surface area contributed by atoms with E-state index in [-0.39, 0.29) is 0 Å². The van der Waals surface area contributed by atoms with Crippen molar-refractivity contribution in [2.24, 2.45) is 0 Å². The minimum absolute atomic E-state index is 0.574. The second-order valence-electron chi connectivity index (χ2n) is 3.12. The Morgan fingerprint density at radius 2 is 2.36 bits per heavy atom. The van der Waals surface area contributed by atoms with Crippen molar-refractivity contribution >= 4 is 34.7 Å². The third-order valence-corrected chi connectivity index (χ3v) is 3.93. The van der Waals surface area contributed by atoms with Gasteiger partial charge in [-0.25, -0.2) is 0 Å². The van der Waals surface area contributed by atoms with E-state index >= 15 is 0 Å². The monoisotopic (exact) mass is 249 g/mol. The minimum atomic E-state index is 0.574. The van der Waals surface area contributed by atoms with Crippen LogP contribution in [0.4, 0.5) is 0 Å². The third kappa shape index (κ3) is 4.22. The summed E-state index contributed by atoms with van der Waals surface area (Å²) in [5, 5.41) is 3.48. The van der Waals surface area contributed by atoms with Gasteiger partial charge in [-0.05, 0) is 31.4 Å². The van der Waals surface area contributed by atoms with Crippen LogP contribution in [0.1, 0.15) is 11.8 Å². The van der Waals surface area contributed by atoms with E-state index in [2.05, 4.69) is 24.6 Å². The van der Waals surface area contributed by atoms with Crippen molar-refractivity contribution in [1.82, 2.24) is 5.32 Å². The number of rotatable bonds is 6. The lowest BCUT2D eigenvalue weighted by molar-refractivity contribution is 0.576. The average molecular weight is 250 g/mol. The molecule has 0 bridgehead atoms. The van der Waals surface area contributed by atoms with Crippen molar-refractivity contribution in [2.45, 2.75) is 19.4 Å². The molecule has 0 fully saturated rings. The second kappa shape index (κ2) is 6.72. The third-order valence-electron chi connectivity index (χ3n) is 1.94. The van der Waals surface area contributed by atoms with Crippen LogP contribution in [-0.4, -0.2) is 24.6 Å². The molecule has 1 atom stereocenters. The molecule has 0 saturated carbocycles. The SMILES string of the molecule is CCNC(CSC)Cc1ccc(Cl)s1. The van der Waals surface area contributed by atoms with Gasteiger partial charge >= 0.3 is 0 Å². The first-order valence-electron chi connectivity index (χ1n) is 4.72. The Kier molecular flexibility index (Phi) is 5.94. The Bertz CT molecular complexity index is 256. The Hall–Kier alpha value is 0.300. The number of likely N-dealkylation sites (N-methyl/N-ethyl adjacent to an activating group) is 1. The molecule has 4 heteroatoms. The average Bonchev–Trinajstić information content (AvgIpc) is 2.52. The summed E-state index contributed by atoms with van der Waals surface area (Å²) >= 11 is 9.46. The first kappa shape index (κ1) is 12.4. The lowest BCUT2D eigenvalue weighted by Gasteiger charge is -2.15. The van der Waals surface area contributed by atoms with Gasteiger partial charge in [0.2, 0.25) is 0 Å². The van der Waals surface area contributed by atoms with Crippen molar-refractivity contribution in [1.29, 1.82) is 0 Å². The predicted molar refractivity (Wildman–Crippen MR) is 68.9 cm³/mol. The van der Waals surface area contributed by atoms with E-state index in [1.807, 2.05) is 17.8 Å². The van der Waals surface area contributed by atoms with E-state index in [9.17, 15) is 0 Å². The fraction of sp³-hybridized carbons (Fsp3) is 0.600. The lowest BCUT2D eigenvalue weighted by atomic mass is 10.2. The molecule has 1 aromatic heterocycles. The summed E-state index contributed by atoms with van der Waals surface area (Å²) in [4.78, 5) is 1.37. The fourth-order valence-corrected chi connectivity index (χ4v) is 3.19. The molecule has 0 saturated heterocycles. The highest BCUT2D eigenvalue weighted by Gasteiger charge is 2.08. The molecule has 0 aliphatic carbocycles. The van der Waals surface area contributed by atoms with Crippen molar-refractivity contribution < 1.29 is 0 Å². The Labute approximate surface area is 99.2 Å². The molecule has 0 spiro atoms. The van der Waals surface area contributed by atoms with Gasteiger partial charge in [0.25, 0.3) is 0 Å². The van der Waals surface area contributed by atoms with Crippen molar-refractivity contribution in [3.63, 3.8) is 0 Å². The maximum Gasteiger partial charge on any atom is 0.0931 e. The van der Waals surface area contributed by atoms with Gasteiger partial charge in [0.1, 0.15) is 0 Å². The summed E-state index contributed by atoms with van der Waals surface area (Å²) in [7, 11) is 0. The van der Waals surface area contributed by atoms with Crippen LogP contribution in [0.25, 0.3) is 0 Å². The molecule has 0 radical (unpaired) electrons. The fourth-order valence-electron chi connectivity index (χ4n) is 1.38. The van der Waals surface area contributed by atoms with Gasteiger partial charge in [-0.2, -0.15) is 11.8 Å². The standard InChI is InChI=1S/C10H16ClNS2/c1-3-12-8(7-13-2)6-9-4-5-10(11)14-9/h4-5,8,12H,3,6-7H2,1-2H3. The minimum Gasteiger partial charge on any atom is -0.313 e. The van der Waals surface area contributed by atoms with Gasteiger partial charge in [0.15, 0.2) is 0 Å². The molecule has 0 aliphatic heterocycles. The zero-order valence-corrected chi connectivity index (χ0v) is 10.9. The highest BCUT2D eigenvalue weighted by Crippen LogP contribution is 2.22. The molecule has 1 aromatic rings. The molecule has 0 aliphatic rings. The van der Waals surface area contributed by atoms with Crippen LogP contribution in [-0.2, 0) is 6.42 Å². The first-order valence-corrected chi connectivity index (χ1v) is 7.31. The smallest absolute Gasteiger partial charge is 0.0931 e. The van der Waals surface area contributed by atoms with E-state index in [0.29, 0.717) is 6.04 Å². The Morgan fingerprint density at radius 1 is 1.57 bits per heavy atom. The van der Waals surface area contributed by atoms with Crippen molar-refractivity contribution in [3.05, 3.63) is 21.3 Å². The summed E-state index contributed by atoms with van der Waals surface area (Å²) in [6.07, 6.45) is 3.23. The van der Waals surface area contributed by atoms with E-state index < -0.39 is 0 Å². The summed E-state index contributed by atoms with van der Waals surface area (Å²) in [6.45, 7) is 3.18. The van der Waals surface area contributed by atoms with Gasteiger partial charge in [0, 0.05) is 16.7 Å². The van der Waals surface area contributed by atoms with Gasteiger partial charge in [-0.3, -0.25) is 0 Å². The molecule has 14 heavy (non-hydrogen) atoms. The van der Waals surface area contributed by atoms with E-state index in [1.54, 1.807) is 11.3 Å². The molecule has 1 N–H and O–H groups in total. The maximum atomic E-state index is 5.89. The summed E-state index contributed by atoms with van der Waals surface area (Å²) in [5.41, 5.74) is 0. The second-order valence-corrected chi connectivity index (χ2v) is 5.83. The molecular formula is C10H16ClNS2. The summed E-state index contributed by atoms with van der Waals surface area (Å²) in [5.74, 6) is 1.16. The molecule has 0 amide bonds. The zero-order chi connectivity index (χ0) is 10.4. The molecular weight excluding hydrogens is 234 g/mol. The molecule has 1 unspecified atom stereocenters. The number of thiophene rings is 1. The number of halogens is 1. The van der Waals surface area contributed by atoms with Crippen LogP contribution in [0.15, 0.2) is 12.1 Å². The molecule has 0 aromatic carbocycles. The maximum absolute atomic E-state index is 5.89. The van der Waals surface area contributed by atoms with Crippen LogP contribution >= 0.6 is 34.7 Å². The highest BCUT2D eigenvalue weighted by molar-refractivity contribution is 7.98. The number of thioether (sulfide) groups is 1. The topological polar surface area (TPSA) is 12.0 Å². The Balaban J connectivity index is 2.46. The molecule has 1 nitrogen and oxygen atoms in total. The van der Waals surface area contributed by atoms with Crippen LogP contribution in [0.3, 0.4) is 0 Å². The molecule has 1 heterocycles. The normalized spacial score (nSPS) is 13.1. The molecule has 1 rings (SSSR count). The van der Waals surface area contributed by atoms with Gasteiger partial charge in [-0.15, -0.1) is 11.3 Å². The van der Waals surface area contributed by atoms with Crippen molar-refractivity contribution in [3.8, 4) is 0 Å². The van der Waals surface area contributed by atoms with Gasteiger partial charge < -0.3 is 5.32 Å². The number of hydrogen-bond donors (Lipinski definition) is 1. The number of nitrogens with one attached hydrogen (secondary N) is 1. The quantitative estimate of drug-likeness (QED) is 0.831. The Morgan fingerprint density at radius 3 is 2.86 bits per heavy atom. The van der Waals surface area contributed by atoms with Crippen LogP contribution in [0.5, 0.6) is 0 Å². The van der Waals surface area contributed by atoms with E-state index in [0.717, 1.165) is 23.1 Å². The van der Waals surface area contributed by atoms with Crippen molar-refractivity contribution in [2.75, 3.05) is 18.6 Å².